The van der Waals surface area contributed by atoms with Crippen molar-refractivity contribution in [1.82, 2.24) is 5.32 Å². The maximum absolute atomic E-state index is 12.1. The molecule has 0 saturated carbocycles. The van der Waals surface area contributed by atoms with E-state index in [1.165, 1.54) is 19.1 Å². The lowest BCUT2D eigenvalue weighted by molar-refractivity contribution is -0.384. The summed E-state index contributed by atoms with van der Waals surface area (Å²) in [5.41, 5.74) is 0.125. The molecule has 0 heterocycles. The van der Waals surface area contributed by atoms with Crippen molar-refractivity contribution in [1.29, 1.82) is 5.26 Å². The van der Waals surface area contributed by atoms with Crippen LogP contribution in [0, 0.1) is 21.4 Å². The summed E-state index contributed by atoms with van der Waals surface area (Å²) in [5, 5.41) is 22.1. The highest BCUT2D eigenvalue weighted by Crippen LogP contribution is 2.22. The highest BCUT2D eigenvalue weighted by Gasteiger charge is 2.18. The summed E-state index contributed by atoms with van der Waals surface area (Å²) in [5.74, 6) is -0.964. The minimum atomic E-state index is -0.954. The van der Waals surface area contributed by atoms with Crippen LogP contribution in [-0.2, 0) is 9.53 Å². The van der Waals surface area contributed by atoms with E-state index in [1.807, 2.05) is 6.07 Å². The second-order valence-electron chi connectivity index (χ2n) is 5.71. The molecule has 0 radical (unpaired) electrons. The Morgan fingerprint density at radius 2 is 2.03 bits per heavy atom. The number of nitro benzene ring substituents is 1. The quantitative estimate of drug-likeness (QED) is 0.302. The van der Waals surface area contributed by atoms with Gasteiger partial charge < -0.3 is 14.8 Å². The summed E-state index contributed by atoms with van der Waals surface area (Å²) in [6.07, 6.45) is -0.954. The predicted molar refractivity (Wildman–Crippen MR) is 103 cm³/mol. The first-order valence-corrected chi connectivity index (χ1v) is 8.76. The standard InChI is InChI=1S/C19H16ClN3O6/c1-12(29-17-5-3-2-4-13(17)11-21)19(25)28-9-8-22-18(24)15-7-6-14(23(26)27)10-16(15)20/h2-7,10,12H,8-9H2,1H3,(H,22,24). The van der Waals surface area contributed by atoms with Crippen LogP contribution in [-0.4, -0.2) is 36.1 Å². The summed E-state index contributed by atoms with van der Waals surface area (Å²) in [6, 6.07) is 11.9. The van der Waals surface area contributed by atoms with Gasteiger partial charge in [0.25, 0.3) is 11.6 Å². The van der Waals surface area contributed by atoms with Crippen molar-refractivity contribution < 1.29 is 24.0 Å². The van der Waals surface area contributed by atoms with E-state index < -0.39 is 22.9 Å². The normalized spacial score (nSPS) is 11.1. The van der Waals surface area contributed by atoms with E-state index in [0.29, 0.717) is 5.56 Å². The van der Waals surface area contributed by atoms with Crippen LogP contribution >= 0.6 is 11.6 Å². The van der Waals surface area contributed by atoms with Crippen molar-refractivity contribution in [2.45, 2.75) is 13.0 Å². The van der Waals surface area contributed by atoms with Gasteiger partial charge in [0.15, 0.2) is 6.10 Å². The van der Waals surface area contributed by atoms with Crippen LogP contribution in [0.3, 0.4) is 0 Å². The van der Waals surface area contributed by atoms with Crippen molar-refractivity contribution in [3.8, 4) is 11.8 Å². The number of nitrogens with one attached hydrogen (secondary N) is 1. The van der Waals surface area contributed by atoms with Gasteiger partial charge in [0.2, 0.25) is 0 Å². The molecule has 10 heteroatoms. The lowest BCUT2D eigenvalue weighted by Gasteiger charge is -2.15. The van der Waals surface area contributed by atoms with Crippen molar-refractivity contribution >= 4 is 29.2 Å². The van der Waals surface area contributed by atoms with E-state index in [2.05, 4.69) is 5.32 Å². The molecule has 0 bridgehead atoms. The molecule has 2 rings (SSSR count). The lowest BCUT2D eigenvalue weighted by atomic mass is 10.2. The van der Waals surface area contributed by atoms with E-state index in [4.69, 9.17) is 26.3 Å². The number of carbonyl (C=O) groups excluding carboxylic acids is 2. The zero-order valence-electron chi connectivity index (χ0n) is 15.3. The third kappa shape index (κ3) is 5.92. The zero-order valence-corrected chi connectivity index (χ0v) is 16.0. The molecule has 0 aliphatic carbocycles. The molecule has 150 valence electrons. The molecule has 0 spiro atoms. The summed E-state index contributed by atoms with van der Waals surface area (Å²) in [4.78, 5) is 34.1. The Morgan fingerprint density at radius 3 is 2.69 bits per heavy atom. The van der Waals surface area contributed by atoms with Gasteiger partial charge >= 0.3 is 5.97 Å². The largest absolute Gasteiger partial charge is 0.478 e. The maximum Gasteiger partial charge on any atom is 0.347 e. The van der Waals surface area contributed by atoms with Gasteiger partial charge in [0.05, 0.1) is 27.6 Å². The number of ether oxygens (including phenoxy) is 2. The Bertz CT molecular complexity index is 973. The van der Waals surface area contributed by atoms with Gasteiger partial charge in [-0.2, -0.15) is 5.26 Å². The van der Waals surface area contributed by atoms with Crippen molar-refractivity contribution in [2.24, 2.45) is 0 Å². The molecule has 1 amide bonds. The van der Waals surface area contributed by atoms with Crippen LogP contribution in [0.4, 0.5) is 5.69 Å². The van der Waals surface area contributed by atoms with Gasteiger partial charge in [-0.25, -0.2) is 4.79 Å². The number of nitro groups is 1. The Balaban J connectivity index is 1.81. The van der Waals surface area contributed by atoms with Crippen molar-refractivity contribution in [3.05, 3.63) is 68.7 Å². The number of esters is 1. The highest BCUT2D eigenvalue weighted by atomic mass is 35.5. The molecule has 2 aromatic rings. The van der Waals surface area contributed by atoms with Crippen LogP contribution in [0.15, 0.2) is 42.5 Å². The number of hydrogen-bond donors (Lipinski definition) is 1. The highest BCUT2D eigenvalue weighted by molar-refractivity contribution is 6.34. The molecule has 9 nitrogen and oxygen atoms in total. The third-order valence-corrected chi connectivity index (χ3v) is 4.00. The minimum absolute atomic E-state index is 0.000603. The number of benzene rings is 2. The van der Waals surface area contributed by atoms with E-state index in [0.717, 1.165) is 6.07 Å². The fourth-order valence-electron chi connectivity index (χ4n) is 2.23. The molecule has 1 atom stereocenters. The molecule has 0 aliphatic rings. The number of carbonyl (C=O) groups is 2. The lowest BCUT2D eigenvalue weighted by Crippen LogP contribution is -2.31. The number of amides is 1. The summed E-state index contributed by atoms with van der Waals surface area (Å²) in [6.45, 7) is 1.36. The topological polar surface area (TPSA) is 132 Å². The van der Waals surface area contributed by atoms with Gasteiger partial charge in [0.1, 0.15) is 18.4 Å². The second kappa shape index (κ2) is 10.1. The van der Waals surface area contributed by atoms with Crippen LogP contribution < -0.4 is 10.1 Å². The first kappa shape index (κ1) is 21.7. The van der Waals surface area contributed by atoms with E-state index in [9.17, 15) is 19.7 Å². The third-order valence-electron chi connectivity index (χ3n) is 3.68. The van der Waals surface area contributed by atoms with E-state index in [1.54, 1.807) is 24.3 Å². The number of nitrogens with zero attached hydrogens (tertiary/aromatic N) is 2. The average molecular weight is 418 g/mol. The smallest absolute Gasteiger partial charge is 0.347 e. The van der Waals surface area contributed by atoms with Crippen LogP contribution in [0.25, 0.3) is 0 Å². The molecule has 0 aromatic heterocycles. The summed E-state index contributed by atoms with van der Waals surface area (Å²) in [7, 11) is 0. The number of non-ortho nitro benzene ring substituents is 1. The van der Waals surface area contributed by atoms with Gasteiger partial charge in [-0.05, 0) is 25.1 Å². The maximum atomic E-state index is 12.1. The molecule has 0 aliphatic heterocycles. The molecule has 1 unspecified atom stereocenters. The molecular formula is C19H16ClN3O6. The van der Waals surface area contributed by atoms with Crippen LogP contribution in [0.5, 0.6) is 5.75 Å². The van der Waals surface area contributed by atoms with E-state index >= 15 is 0 Å². The molecule has 1 N–H and O–H groups in total. The number of hydrogen-bond acceptors (Lipinski definition) is 7. The predicted octanol–water partition coefficient (Wildman–Crippen LogP) is 2.86. The number of nitriles is 1. The first-order valence-electron chi connectivity index (χ1n) is 8.38. The van der Waals surface area contributed by atoms with E-state index in [-0.39, 0.29) is 35.2 Å². The minimum Gasteiger partial charge on any atom is -0.478 e. The average Bonchev–Trinajstić information content (AvgIpc) is 2.70. The number of halogens is 1. The van der Waals surface area contributed by atoms with Gasteiger partial charge in [-0.3, -0.25) is 14.9 Å². The van der Waals surface area contributed by atoms with Crippen molar-refractivity contribution in [3.63, 3.8) is 0 Å². The van der Waals surface area contributed by atoms with Gasteiger partial charge in [-0.15, -0.1) is 0 Å². The molecule has 2 aromatic carbocycles. The number of rotatable bonds is 8. The summed E-state index contributed by atoms with van der Waals surface area (Å²) < 4.78 is 10.5. The Hall–Kier alpha value is -3.64. The van der Waals surface area contributed by atoms with Gasteiger partial charge in [-0.1, -0.05) is 23.7 Å². The Kier molecular flexibility index (Phi) is 7.51. The zero-order chi connectivity index (χ0) is 21.4. The van der Waals surface area contributed by atoms with Crippen LogP contribution in [0.1, 0.15) is 22.8 Å². The molecule has 29 heavy (non-hydrogen) atoms. The molecule has 0 fully saturated rings. The Labute approximate surface area is 170 Å². The molecule has 0 saturated heterocycles. The fraction of sp³-hybridized carbons (Fsp3) is 0.211. The summed E-state index contributed by atoms with van der Waals surface area (Å²) >= 11 is 5.88. The fourth-order valence-corrected chi connectivity index (χ4v) is 2.49. The number of para-hydroxylation sites is 1. The first-order chi connectivity index (χ1) is 13.8. The SMILES string of the molecule is CC(Oc1ccccc1C#N)C(=O)OCCNC(=O)c1ccc([N+](=O)[O-])cc1Cl. The van der Waals surface area contributed by atoms with Crippen LogP contribution in [0.2, 0.25) is 5.02 Å². The Morgan fingerprint density at radius 1 is 1.31 bits per heavy atom. The van der Waals surface area contributed by atoms with Gasteiger partial charge in [0, 0.05) is 12.1 Å². The molecular weight excluding hydrogens is 402 g/mol. The van der Waals surface area contributed by atoms with Crippen molar-refractivity contribution in [2.75, 3.05) is 13.2 Å². The second-order valence-corrected chi connectivity index (χ2v) is 6.12. The monoisotopic (exact) mass is 417 g/mol.